The van der Waals surface area contributed by atoms with Gasteiger partial charge in [-0.15, -0.1) is 0 Å². The van der Waals surface area contributed by atoms with Crippen LogP contribution in [-0.4, -0.2) is 13.0 Å². The Bertz CT molecular complexity index is 649. The number of aryl methyl sites for hydroxylation is 2. The zero-order valence-corrected chi connectivity index (χ0v) is 12.9. The molecule has 0 bridgehead atoms. The van der Waals surface area contributed by atoms with Crippen LogP contribution in [0.2, 0.25) is 0 Å². The molecule has 0 aliphatic heterocycles. The largest absolute Gasteiger partial charge is 0.497 e. The van der Waals surface area contributed by atoms with Crippen molar-refractivity contribution in [1.82, 2.24) is 5.32 Å². The molecule has 21 heavy (non-hydrogen) atoms. The van der Waals surface area contributed by atoms with Crippen LogP contribution in [-0.2, 0) is 0 Å². The molecule has 1 N–H and O–H groups in total. The predicted octanol–water partition coefficient (Wildman–Crippen LogP) is 3.80. The Labute approximate surface area is 126 Å². The minimum Gasteiger partial charge on any atom is -0.497 e. The Balaban J connectivity index is 2.16. The lowest BCUT2D eigenvalue weighted by Gasteiger charge is -2.17. The van der Waals surface area contributed by atoms with Crippen LogP contribution in [0.25, 0.3) is 0 Å². The van der Waals surface area contributed by atoms with Crippen LogP contribution in [0, 0.1) is 13.8 Å². The van der Waals surface area contributed by atoms with Gasteiger partial charge in [0.1, 0.15) is 5.75 Å². The number of hydrogen-bond acceptors (Lipinski definition) is 2. The Morgan fingerprint density at radius 1 is 1.14 bits per heavy atom. The molecule has 2 rings (SSSR count). The standard InChI is InChI=1S/C18H21NO2/c1-12-8-9-13(2)17(10-12)14(3)19-18(20)15-6-5-7-16(11-15)21-4/h5-11,14H,1-4H3,(H,19,20). The maximum Gasteiger partial charge on any atom is 0.251 e. The van der Waals surface area contributed by atoms with Gasteiger partial charge in [0.25, 0.3) is 5.91 Å². The topological polar surface area (TPSA) is 38.3 Å². The summed E-state index contributed by atoms with van der Waals surface area (Å²) in [5, 5.41) is 3.04. The van der Waals surface area contributed by atoms with Crippen LogP contribution in [0.1, 0.15) is 40.0 Å². The molecule has 0 heterocycles. The van der Waals surface area contributed by atoms with Crippen LogP contribution in [0.4, 0.5) is 0 Å². The highest BCUT2D eigenvalue weighted by Crippen LogP contribution is 2.20. The SMILES string of the molecule is COc1cccc(C(=O)NC(C)c2cc(C)ccc2C)c1. The molecule has 0 radical (unpaired) electrons. The van der Waals surface area contributed by atoms with Crippen molar-refractivity contribution in [2.24, 2.45) is 0 Å². The van der Waals surface area contributed by atoms with Gasteiger partial charge in [0, 0.05) is 5.56 Å². The molecular formula is C18H21NO2. The van der Waals surface area contributed by atoms with Crippen molar-refractivity contribution < 1.29 is 9.53 Å². The lowest BCUT2D eigenvalue weighted by atomic mass is 9.99. The summed E-state index contributed by atoms with van der Waals surface area (Å²) in [5.41, 5.74) is 4.12. The minimum absolute atomic E-state index is 0.0383. The van der Waals surface area contributed by atoms with Crippen molar-refractivity contribution >= 4 is 5.91 Å². The number of nitrogens with one attached hydrogen (secondary N) is 1. The summed E-state index contributed by atoms with van der Waals surface area (Å²) in [7, 11) is 1.59. The highest BCUT2D eigenvalue weighted by molar-refractivity contribution is 5.94. The van der Waals surface area contributed by atoms with Gasteiger partial charge in [-0.25, -0.2) is 0 Å². The predicted molar refractivity (Wildman–Crippen MR) is 84.8 cm³/mol. The number of benzene rings is 2. The maximum absolute atomic E-state index is 12.3. The molecule has 0 saturated carbocycles. The van der Waals surface area contributed by atoms with Crippen LogP contribution >= 0.6 is 0 Å². The second-order valence-corrected chi connectivity index (χ2v) is 5.29. The molecule has 1 atom stereocenters. The van der Waals surface area contributed by atoms with E-state index in [4.69, 9.17) is 4.74 Å². The van der Waals surface area contributed by atoms with Crippen molar-refractivity contribution in [3.63, 3.8) is 0 Å². The summed E-state index contributed by atoms with van der Waals surface area (Å²) in [6, 6.07) is 13.4. The normalized spacial score (nSPS) is 11.8. The number of rotatable bonds is 4. The van der Waals surface area contributed by atoms with Crippen molar-refractivity contribution in [2.45, 2.75) is 26.8 Å². The molecule has 0 aliphatic rings. The highest BCUT2D eigenvalue weighted by Gasteiger charge is 2.13. The molecule has 0 spiro atoms. The van der Waals surface area contributed by atoms with Crippen molar-refractivity contribution in [3.8, 4) is 5.75 Å². The molecule has 110 valence electrons. The average Bonchev–Trinajstić information content (AvgIpc) is 2.49. The van der Waals surface area contributed by atoms with Crippen molar-refractivity contribution in [3.05, 3.63) is 64.7 Å². The summed E-state index contributed by atoms with van der Waals surface area (Å²) in [6.45, 7) is 6.11. The van der Waals surface area contributed by atoms with Gasteiger partial charge in [-0.3, -0.25) is 4.79 Å². The average molecular weight is 283 g/mol. The van der Waals surface area contributed by atoms with E-state index in [2.05, 4.69) is 37.4 Å². The van der Waals surface area contributed by atoms with Gasteiger partial charge < -0.3 is 10.1 Å². The fourth-order valence-electron chi connectivity index (χ4n) is 2.35. The Morgan fingerprint density at radius 2 is 1.90 bits per heavy atom. The number of hydrogen-bond donors (Lipinski definition) is 1. The van der Waals surface area contributed by atoms with Gasteiger partial charge in [-0.05, 0) is 50.1 Å². The molecular weight excluding hydrogens is 262 g/mol. The molecule has 0 aliphatic carbocycles. The third kappa shape index (κ3) is 3.63. The van der Waals surface area contributed by atoms with Gasteiger partial charge in [0.15, 0.2) is 0 Å². The van der Waals surface area contributed by atoms with E-state index < -0.39 is 0 Å². The van der Waals surface area contributed by atoms with E-state index in [9.17, 15) is 4.79 Å². The van der Waals surface area contributed by atoms with Crippen LogP contribution in [0.3, 0.4) is 0 Å². The van der Waals surface area contributed by atoms with Crippen LogP contribution < -0.4 is 10.1 Å². The Hall–Kier alpha value is -2.29. The number of carbonyl (C=O) groups excluding carboxylic acids is 1. The number of ether oxygens (including phenoxy) is 1. The first-order chi connectivity index (χ1) is 10.0. The number of methoxy groups -OCH3 is 1. The number of amides is 1. The van der Waals surface area contributed by atoms with E-state index in [1.807, 2.05) is 19.1 Å². The van der Waals surface area contributed by atoms with Crippen molar-refractivity contribution in [1.29, 1.82) is 0 Å². The van der Waals surface area contributed by atoms with Gasteiger partial charge in [0.05, 0.1) is 13.2 Å². The van der Waals surface area contributed by atoms with E-state index in [0.29, 0.717) is 11.3 Å². The zero-order chi connectivity index (χ0) is 15.4. The van der Waals surface area contributed by atoms with E-state index in [1.54, 1.807) is 19.2 Å². The molecule has 3 heteroatoms. The molecule has 1 unspecified atom stereocenters. The smallest absolute Gasteiger partial charge is 0.251 e. The van der Waals surface area contributed by atoms with E-state index in [1.165, 1.54) is 11.1 Å². The summed E-state index contributed by atoms with van der Waals surface area (Å²) in [6.07, 6.45) is 0. The Morgan fingerprint density at radius 3 is 2.62 bits per heavy atom. The molecule has 0 aromatic heterocycles. The van der Waals surface area contributed by atoms with Gasteiger partial charge in [-0.1, -0.05) is 29.8 Å². The third-order valence-electron chi connectivity index (χ3n) is 3.58. The monoisotopic (exact) mass is 283 g/mol. The maximum atomic E-state index is 12.3. The van der Waals surface area contributed by atoms with Gasteiger partial charge in [0.2, 0.25) is 0 Å². The fraction of sp³-hybridized carbons (Fsp3) is 0.278. The fourth-order valence-corrected chi connectivity index (χ4v) is 2.35. The summed E-state index contributed by atoms with van der Waals surface area (Å²) < 4.78 is 5.15. The van der Waals surface area contributed by atoms with Gasteiger partial charge in [-0.2, -0.15) is 0 Å². The second kappa shape index (κ2) is 6.44. The summed E-state index contributed by atoms with van der Waals surface area (Å²) in [5.74, 6) is 0.587. The molecule has 3 nitrogen and oxygen atoms in total. The first-order valence-corrected chi connectivity index (χ1v) is 7.03. The van der Waals surface area contributed by atoms with E-state index in [0.717, 1.165) is 5.56 Å². The highest BCUT2D eigenvalue weighted by atomic mass is 16.5. The molecule has 2 aromatic rings. The molecule has 1 amide bonds. The molecule has 0 fully saturated rings. The van der Waals surface area contributed by atoms with E-state index in [-0.39, 0.29) is 11.9 Å². The second-order valence-electron chi connectivity index (χ2n) is 5.29. The molecule has 0 saturated heterocycles. The lowest BCUT2D eigenvalue weighted by Crippen LogP contribution is -2.27. The summed E-state index contributed by atoms with van der Waals surface area (Å²) in [4.78, 5) is 12.3. The third-order valence-corrected chi connectivity index (χ3v) is 3.58. The van der Waals surface area contributed by atoms with Crippen LogP contribution in [0.5, 0.6) is 5.75 Å². The van der Waals surface area contributed by atoms with Crippen LogP contribution in [0.15, 0.2) is 42.5 Å². The zero-order valence-electron chi connectivity index (χ0n) is 12.9. The minimum atomic E-state index is -0.0951. The summed E-state index contributed by atoms with van der Waals surface area (Å²) >= 11 is 0. The Kier molecular flexibility index (Phi) is 4.63. The van der Waals surface area contributed by atoms with Gasteiger partial charge >= 0.3 is 0 Å². The van der Waals surface area contributed by atoms with E-state index >= 15 is 0 Å². The molecule has 2 aromatic carbocycles. The van der Waals surface area contributed by atoms with Crippen molar-refractivity contribution in [2.75, 3.05) is 7.11 Å². The number of carbonyl (C=O) groups is 1. The lowest BCUT2D eigenvalue weighted by molar-refractivity contribution is 0.0939. The first-order valence-electron chi connectivity index (χ1n) is 7.03. The first kappa shape index (κ1) is 15.1. The quantitative estimate of drug-likeness (QED) is 0.926.